The number of rotatable bonds is 0. The lowest BCUT2D eigenvalue weighted by Gasteiger charge is -2.09. The monoisotopic (exact) mass is 414 g/mol. The van der Waals surface area contributed by atoms with Gasteiger partial charge in [0.05, 0.1) is 79.3 Å². The van der Waals surface area contributed by atoms with Gasteiger partial charge in [-0.2, -0.15) is 0 Å². The fraction of sp³-hybridized carbons (Fsp3) is 0.857. The molecule has 0 amide bonds. The number of nitrogens with one attached hydrogen (secondary N) is 2. The van der Waals surface area contributed by atoms with E-state index in [1.807, 2.05) is 0 Å². The van der Waals surface area contributed by atoms with Crippen molar-refractivity contribution < 1.29 is 28.4 Å². The lowest BCUT2D eigenvalue weighted by molar-refractivity contribution is -0.0334. The molecule has 0 saturated carbocycles. The molecule has 1 aliphatic heterocycles. The Labute approximate surface area is 165 Å². The van der Waals surface area contributed by atoms with Gasteiger partial charge in [0, 0.05) is 0 Å². The van der Waals surface area contributed by atoms with E-state index in [2.05, 4.69) is 35.3 Å². The summed E-state index contributed by atoms with van der Waals surface area (Å²) in [5.74, 6) is 0. The third-order valence-electron chi connectivity index (χ3n) is 2.54. The van der Waals surface area contributed by atoms with E-state index in [1.54, 1.807) is 0 Å². The standard InChI is InChI=1S/C12H24O6.C2H6N4S2/c1-2-14-5-6-16-9-10-18-12-11-17-8-7-15-4-3-13-1;3-1(7)5-6-2(4)8/h1-12H2;(H3,3,5,7)(H3,4,6,8). The maximum Gasteiger partial charge on any atom is 0.182 e. The molecule has 12 heteroatoms. The van der Waals surface area contributed by atoms with Gasteiger partial charge in [0.1, 0.15) is 0 Å². The summed E-state index contributed by atoms with van der Waals surface area (Å²) in [4.78, 5) is 0. The minimum atomic E-state index is 0.109. The number of hydrogen-bond donors (Lipinski definition) is 4. The van der Waals surface area contributed by atoms with Crippen LogP contribution in [0.2, 0.25) is 0 Å². The Kier molecular flexibility index (Phi) is 19.8. The van der Waals surface area contributed by atoms with Crippen LogP contribution in [0.25, 0.3) is 0 Å². The number of nitrogens with two attached hydrogens (primary N) is 2. The first kappa shape index (κ1) is 25.1. The molecule has 0 aromatic heterocycles. The molecule has 1 rings (SSSR count). The second-order valence-corrected chi connectivity index (χ2v) is 5.53. The van der Waals surface area contributed by atoms with Crippen molar-refractivity contribution in [3.8, 4) is 0 Å². The first-order valence-corrected chi connectivity index (χ1v) is 9.02. The Hall–Kier alpha value is -0.860. The van der Waals surface area contributed by atoms with Gasteiger partial charge < -0.3 is 39.9 Å². The van der Waals surface area contributed by atoms with Gasteiger partial charge in [0.25, 0.3) is 0 Å². The molecule has 0 bridgehead atoms. The molecule has 10 nitrogen and oxygen atoms in total. The molecule has 26 heavy (non-hydrogen) atoms. The van der Waals surface area contributed by atoms with E-state index >= 15 is 0 Å². The van der Waals surface area contributed by atoms with Crippen molar-refractivity contribution in [2.75, 3.05) is 79.3 Å². The Morgan fingerprint density at radius 3 is 0.731 bits per heavy atom. The summed E-state index contributed by atoms with van der Waals surface area (Å²) in [6.45, 7) is 7.04. The molecule has 0 unspecified atom stereocenters. The highest BCUT2D eigenvalue weighted by atomic mass is 32.1. The molecular weight excluding hydrogens is 384 g/mol. The van der Waals surface area contributed by atoms with Crippen LogP contribution < -0.4 is 22.3 Å². The van der Waals surface area contributed by atoms with E-state index < -0.39 is 0 Å². The average molecular weight is 415 g/mol. The molecule has 0 atom stereocenters. The largest absolute Gasteiger partial charge is 0.377 e. The molecular formula is C14H30N4O6S2. The molecule has 1 aliphatic rings. The normalized spacial score (nSPS) is 18.9. The van der Waals surface area contributed by atoms with Crippen molar-refractivity contribution in [2.45, 2.75) is 0 Å². The molecule has 0 radical (unpaired) electrons. The van der Waals surface area contributed by atoms with E-state index in [0.717, 1.165) is 0 Å². The van der Waals surface area contributed by atoms with Gasteiger partial charge in [-0.05, 0) is 24.4 Å². The lowest BCUT2D eigenvalue weighted by Crippen LogP contribution is -2.46. The van der Waals surface area contributed by atoms with Crippen LogP contribution in [0, 0.1) is 0 Å². The van der Waals surface area contributed by atoms with Crippen LogP contribution in [-0.2, 0) is 28.4 Å². The first-order valence-electron chi connectivity index (χ1n) is 8.20. The fourth-order valence-corrected chi connectivity index (χ4v) is 1.54. The molecule has 0 spiro atoms. The predicted molar refractivity (Wildman–Crippen MR) is 105 cm³/mol. The Morgan fingerprint density at radius 1 is 0.462 bits per heavy atom. The number of hydrazine groups is 1. The quantitative estimate of drug-likeness (QED) is 0.276. The van der Waals surface area contributed by atoms with Gasteiger partial charge in [-0.15, -0.1) is 0 Å². The molecule has 1 saturated heterocycles. The minimum Gasteiger partial charge on any atom is -0.377 e. The zero-order valence-corrected chi connectivity index (χ0v) is 16.5. The summed E-state index contributed by atoms with van der Waals surface area (Å²) in [5, 5.41) is 0.218. The van der Waals surface area contributed by atoms with E-state index in [1.165, 1.54) is 0 Å². The van der Waals surface area contributed by atoms with Crippen molar-refractivity contribution in [2.24, 2.45) is 11.5 Å². The van der Waals surface area contributed by atoms with Gasteiger partial charge in [-0.25, -0.2) is 0 Å². The SMILES string of the molecule is C1COCCOCCOCCOCCOCCO1.NC(=S)NNC(N)=S. The molecule has 0 aromatic carbocycles. The summed E-state index contributed by atoms with van der Waals surface area (Å²) < 4.78 is 32.0. The topological polar surface area (TPSA) is 131 Å². The molecule has 1 heterocycles. The summed E-state index contributed by atoms with van der Waals surface area (Å²) >= 11 is 8.81. The smallest absolute Gasteiger partial charge is 0.182 e. The highest BCUT2D eigenvalue weighted by molar-refractivity contribution is 7.80. The third-order valence-corrected chi connectivity index (χ3v) is 2.75. The van der Waals surface area contributed by atoms with Crippen molar-refractivity contribution >= 4 is 34.7 Å². The average Bonchev–Trinajstić information content (AvgIpc) is 2.61. The molecule has 1 fully saturated rings. The highest BCUT2D eigenvalue weighted by Gasteiger charge is 1.95. The first-order chi connectivity index (χ1) is 12.6. The van der Waals surface area contributed by atoms with Gasteiger partial charge in [0.2, 0.25) is 0 Å². The van der Waals surface area contributed by atoms with Gasteiger partial charge in [-0.1, -0.05) is 0 Å². The summed E-state index contributed by atoms with van der Waals surface area (Å²) in [6, 6.07) is 0. The second kappa shape index (κ2) is 20.5. The summed E-state index contributed by atoms with van der Waals surface area (Å²) in [6.07, 6.45) is 0. The zero-order valence-electron chi connectivity index (χ0n) is 14.9. The van der Waals surface area contributed by atoms with Crippen LogP contribution in [0.1, 0.15) is 0 Å². The van der Waals surface area contributed by atoms with Gasteiger partial charge in [-0.3, -0.25) is 10.9 Å². The molecule has 0 aromatic rings. The van der Waals surface area contributed by atoms with Crippen LogP contribution in [0.4, 0.5) is 0 Å². The van der Waals surface area contributed by atoms with Crippen LogP contribution in [0.5, 0.6) is 0 Å². The van der Waals surface area contributed by atoms with Crippen LogP contribution in [-0.4, -0.2) is 89.5 Å². The molecule has 6 N–H and O–H groups in total. The van der Waals surface area contributed by atoms with Gasteiger partial charge >= 0.3 is 0 Å². The highest BCUT2D eigenvalue weighted by Crippen LogP contribution is 1.86. The van der Waals surface area contributed by atoms with Crippen molar-refractivity contribution in [3.05, 3.63) is 0 Å². The van der Waals surface area contributed by atoms with E-state index in [9.17, 15) is 0 Å². The Balaban J connectivity index is 0.000000660. The van der Waals surface area contributed by atoms with E-state index in [-0.39, 0.29) is 10.2 Å². The van der Waals surface area contributed by atoms with Crippen LogP contribution in [0.3, 0.4) is 0 Å². The van der Waals surface area contributed by atoms with Crippen molar-refractivity contribution in [1.82, 2.24) is 10.9 Å². The maximum absolute atomic E-state index is 5.33. The Morgan fingerprint density at radius 2 is 0.615 bits per heavy atom. The van der Waals surface area contributed by atoms with E-state index in [0.29, 0.717) is 79.3 Å². The third kappa shape index (κ3) is 23.1. The predicted octanol–water partition coefficient (Wildman–Crippen LogP) is -1.33. The molecule has 154 valence electrons. The van der Waals surface area contributed by atoms with Crippen molar-refractivity contribution in [1.29, 1.82) is 0 Å². The number of thiocarbonyl (C=S) groups is 2. The lowest BCUT2D eigenvalue weighted by atomic mass is 10.6. The van der Waals surface area contributed by atoms with E-state index in [4.69, 9.17) is 39.9 Å². The summed E-state index contributed by atoms with van der Waals surface area (Å²) in [7, 11) is 0. The van der Waals surface area contributed by atoms with Crippen LogP contribution in [0.15, 0.2) is 0 Å². The fourth-order valence-electron chi connectivity index (χ4n) is 1.44. The minimum absolute atomic E-state index is 0.109. The maximum atomic E-state index is 5.33. The number of ether oxygens (including phenoxy) is 6. The number of hydrogen-bond acceptors (Lipinski definition) is 8. The Bertz CT molecular complexity index is 266. The molecule has 0 aliphatic carbocycles. The van der Waals surface area contributed by atoms with Crippen molar-refractivity contribution in [3.63, 3.8) is 0 Å². The second-order valence-electron chi connectivity index (χ2n) is 4.65. The summed E-state index contributed by atoms with van der Waals surface area (Å²) in [5.41, 5.74) is 14.6. The zero-order chi connectivity index (χ0) is 19.3. The van der Waals surface area contributed by atoms with Crippen LogP contribution >= 0.6 is 24.4 Å². The van der Waals surface area contributed by atoms with Gasteiger partial charge in [0.15, 0.2) is 10.2 Å².